The summed E-state index contributed by atoms with van der Waals surface area (Å²) in [6.07, 6.45) is 3.76. The van der Waals surface area contributed by atoms with Gasteiger partial charge in [-0.25, -0.2) is 4.98 Å². The molecule has 1 fully saturated rings. The summed E-state index contributed by atoms with van der Waals surface area (Å²) in [6.45, 7) is 4.10. The second kappa shape index (κ2) is 4.55. The largest absolute Gasteiger partial charge is 0.489 e. The van der Waals surface area contributed by atoms with Crippen molar-refractivity contribution in [2.75, 3.05) is 25.1 Å². The lowest BCUT2D eigenvalue weighted by atomic mass is 10.1. The predicted octanol–water partition coefficient (Wildman–Crippen LogP) is 1.01. The number of nitrogens with zero attached hydrogens (tertiary/aromatic N) is 2. The van der Waals surface area contributed by atoms with Gasteiger partial charge in [0.25, 0.3) is 5.56 Å². The van der Waals surface area contributed by atoms with Crippen molar-refractivity contribution in [1.29, 1.82) is 0 Å². The highest BCUT2D eigenvalue weighted by Gasteiger charge is 2.25. The van der Waals surface area contributed by atoms with Crippen LogP contribution >= 0.6 is 0 Å². The molecule has 0 aromatic carbocycles. The van der Waals surface area contributed by atoms with E-state index in [4.69, 9.17) is 4.74 Å². The molecule has 0 amide bonds. The molecule has 1 aliphatic rings. The van der Waals surface area contributed by atoms with Gasteiger partial charge in [-0.3, -0.25) is 4.79 Å². The Labute approximate surface area is 94.5 Å². The van der Waals surface area contributed by atoms with Gasteiger partial charge >= 0.3 is 0 Å². The van der Waals surface area contributed by atoms with Crippen LogP contribution in [0.3, 0.4) is 0 Å². The molecule has 1 aromatic heterocycles. The third-order valence-corrected chi connectivity index (χ3v) is 3.16. The molecule has 0 saturated carbocycles. The number of aromatic nitrogens is 2. The lowest BCUT2D eigenvalue weighted by molar-refractivity contribution is 0.406. The highest BCUT2D eigenvalue weighted by Crippen LogP contribution is 2.28. The van der Waals surface area contributed by atoms with E-state index in [1.807, 2.05) is 0 Å². The van der Waals surface area contributed by atoms with E-state index in [2.05, 4.69) is 21.8 Å². The van der Waals surface area contributed by atoms with Gasteiger partial charge in [0.15, 0.2) is 5.82 Å². The molecule has 2 heterocycles. The summed E-state index contributed by atoms with van der Waals surface area (Å²) in [5.41, 5.74) is -0.215. The highest BCUT2D eigenvalue weighted by atomic mass is 16.5. The normalized spacial score (nSPS) is 20.1. The molecule has 1 aliphatic heterocycles. The summed E-state index contributed by atoms with van der Waals surface area (Å²) in [7, 11) is 1.50. The van der Waals surface area contributed by atoms with Crippen molar-refractivity contribution in [2.24, 2.45) is 5.92 Å². The molecule has 0 radical (unpaired) electrons. The molecule has 1 saturated heterocycles. The van der Waals surface area contributed by atoms with E-state index < -0.39 is 0 Å². The molecule has 16 heavy (non-hydrogen) atoms. The van der Waals surface area contributed by atoms with Gasteiger partial charge in [-0.15, -0.1) is 0 Å². The Bertz CT molecular complexity index is 416. The van der Waals surface area contributed by atoms with E-state index in [-0.39, 0.29) is 5.56 Å². The molecular formula is C11H17N3O2. The molecule has 0 aliphatic carbocycles. The lowest BCUT2D eigenvalue weighted by Gasteiger charge is -2.18. The molecule has 1 atom stereocenters. The number of nitrogens with one attached hydrogen (secondary N) is 1. The second-order valence-corrected chi connectivity index (χ2v) is 4.10. The molecule has 5 nitrogen and oxygen atoms in total. The zero-order valence-corrected chi connectivity index (χ0v) is 9.69. The van der Waals surface area contributed by atoms with Crippen LogP contribution in [0.2, 0.25) is 0 Å². The van der Waals surface area contributed by atoms with Crippen molar-refractivity contribution < 1.29 is 4.74 Å². The molecule has 1 N–H and O–H groups in total. The van der Waals surface area contributed by atoms with Crippen molar-refractivity contribution in [3.05, 3.63) is 16.7 Å². The van der Waals surface area contributed by atoms with Crippen molar-refractivity contribution in [3.63, 3.8) is 0 Å². The molecule has 1 aromatic rings. The average molecular weight is 223 g/mol. The molecule has 1 unspecified atom stereocenters. The average Bonchev–Trinajstić information content (AvgIpc) is 2.77. The minimum Gasteiger partial charge on any atom is -0.489 e. The Morgan fingerprint density at radius 1 is 1.69 bits per heavy atom. The van der Waals surface area contributed by atoms with Gasteiger partial charge in [-0.05, 0) is 12.3 Å². The Morgan fingerprint density at radius 2 is 2.50 bits per heavy atom. The third kappa shape index (κ3) is 1.89. The van der Waals surface area contributed by atoms with Gasteiger partial charge in [0.1, 0.15) is 0 Å². The van der Waals surface area contributed by atoms with Crippen LogP contribution in [0, 0.1) is 5.92 Å². The van der Waals surface area contributed by atoms with E-state index in [0.29, 0.717) is 17.5 Å². The summed E-state index contributed by atoms with van der Waals surface area (Å²) >= 11 is 0. The Balaban J connectivity index is 2.27. The van der Waals surface area contributed by atoms with Gasteiger partial charge in [-0.1, -0.05) is 13.3 Å². The zero-order valence-electron chi connectivity index (χ0n) is 9.69. The van der Waals surface area contributed by atoms with Gasteiger partial charge in [0, 0.05) is 13.1 Å². The molecule has 2 rings (SSSR count). The monoisotopic (exact) mass is 223 g/mol. The van der Waals surface area contributed by atoms with Crippen LogP contribution < -0.4 is 15.2 Å². The summed E-state index contributed by atoms with van der Waals surface area (Å²) in [5, 5.41) is 0. The van der Waals surface area contributed by atoms with E-state index in [0.717, 1.165) is 19.5 Å². The molecular weight excluding hydrogens is 206 g/mol. The quantitative estimate of drug-likeness (QED) is 0.831. The first-order valence-corrected chi connectivity index (χ1v) is 5.62. The number of aromatic amines is 1. The van der Waals surface area contributed by atoms with Crippen LogP contribution in [0.5, 0.6) is 5.75 Å². The van der Waals surface area contributed by atoms with Crippen LogP contribution in [0.1, 0.15) is 19.8 Å². The predicted molar refractivity (Wildman–Crippen MR) is 62.0 cm³/mol. The van der Waals surface area contributed by atoms with E-state index in [1.54, 1.807) is 0 Å². The van der Waals surface area contributed by atoms with Crippen LogP contribution in [0.25, 0.3) is 0 Å². The Hall–Kier alpha value is -1.52. The van der Waals surface area contributed by atoms with Crippen molar-refractivity contribution in [2.45, 2.75) is 19.8 Å². The maximum atomic E-state index is 11.5. The van der Waals surface area contributed by atoms with Crippen LogP contribution in [0.4, 0.5) is 5.82 Å². The zero-order chi connectivity index (χ0) is 11.5. The second-order valence-electron chi connectivity index (χ2n) is 4.10. The van der Waals surface area contributed by atoms with Gasteiger partial charge < -0.3 is 14.6 Å². The van der Waals surface area contributed by atoms with E-state index in [1.165, 1.54) is 19.9 Å². The first kappa shape index (κ1) is 11.0. The number of H-pyrrole nitrogens is 1. The number of rotatable bonds is 3. The van der Waals surface area contributed by atoms with Crippen molar-refractivity contribution in [1.82, 2.24) is 9.97 Å². The first-order valence-electron chi connectivity index (χ1n) is 5.62. The lowest BCUT2D eigenvalue weighted by Crippen LogP contribution is -2.24. The Kier molecular flexibility index (Phi) is 3.12. The van der Waals surface area contributed by atoms with E-state index >= 15 is 0 Å². The molecule has 0 bridgehead atoms. The van der Waals surface area contributed by atoms with E-state index in [9.17, 15) is 4.79 Å². The third-order valence-electron chi connectivity index (χ3n) is 3.16. The fourth-order valence-corrected chi connectivity index (χ4v) is 2.15. The molecule has 0 spiro atoms. The summed E-state index contributed by atoms with van der Waals surface area (Å²) in [4.78, 5) is 20.4. The number of ether oxygens (including phenoxy) is 1. The smallest absolute Gasteiger partial charge is 0.295 e. The van der Waals surface area contributed by atoms with Crippen LogP contribution in [-0.4, -0.2) is 30.2 Å². The number of hydrogen-bond donors (Lipinski definition) is 1. The molecule has 88 valence electrons. The highest BCUT2D eigenvalue weighted by molar-refractivity contribution is 5.51. The fourth-order valence-electron chi connectivity index (χ4n) is 2.15. The van der Waals surface area contributed by atoms with Gasteiger partial charge in [0.2, 0.25) is 5.75 Å². The number of methoxy groups -OCH3 is 1. The minimum absolute atomic E-state index is 0.215. The minimum atomic E-state index is -0.215. The number of anilines is 1. The SMILES string of the molecule is CCC1CCN(c2nc[nH]c(=O)c2OC)C1. The van der Waals surface area contributed by atoms with Gasteiger partial charge in [0.05, 0.1) is 13.4 Å². The summed E-state index contributed by atoms with van der Waals surface area (Å²) in [5.74, 6) is 1.69. The first-order chi connectivity index (χ1) is 7.76. The summed E-state index contributed by atoms with van der Waals surface area (Å²) < 4.78 is 5.11. The summed E-state index contributed by atoms with van der Waals surface area (Å²) in [6, 6.07) is 0. The maximum Gasteiger partial charge on any atom is 0.295 e. The standard InChI is InChI=1S/C11H17N3O2/c1-3-8-4-5-14(6-8)10-9(16-2)11(15)13-7-12-10/h7-8H,3-6H2,1-2H3,(H,12,13,15). The Morgan fingerprint density at radius 3 is 3.12 bits per heavy atom. The van der Waals surface area contributed by atoms with Crippen molar-refractivity contribution in [3.8, 4) is 5.75 Å². The van der Waals surface area contributed by atoms with Gasteiger partial charge in [-0.2, -0.15) is 0 Å². The fraction of sp³-hybridized carbons (Fsp3) is 0.636. The van der Waals surface area contributed by atoms with Crippen LogP contribution in [-0.2, 0) is 0 Å². The number of hydrogen-bond acceptors (Lipinski definition) is 4. The maximum absolute atomic E-state index is 11.5. The van der Waals surface area contributed by atoms with Crippen LogP contribution in [0.15, 0.2) is 11.1 Å². The topological polar surface area (TPSA) is 58.2 Å². The molecule has 5 heteroatoms. The van der Waals surface area contributed by atoms with Crippen molar-refractivity contribution >= 4 is 5.82 Å².